The zero-order valence-electron chi connectivity index (χ0n) is 16.2. The Kier molecular flexibility index (Phi) is 7.56. The number of aryl methyl sites for hydroxylation is 1. The summed E-state index contributed by atoms with van der Waals surface area (Å²) in [6, 6.07) is 3.93. The molecule has 5 nitrogen and oxygen atoms in total. The van der Waals surface area contributed by atoms with Gasteiger partial charge in [-0.3, -0.25) is 0 Å². The molecule has 0 aliphatic carbocycles. The van der Waals surface area contributed by atoms with Gasteiger partial charge in [0.25, 0.3) is 0 Å². The van der Waals surface area contributed by atoms with Gasteiger partial charge in [0.05, 0.1) is 31.3 Å². The first-order chi connectivity index (χ1) is 12.2. The Balaban J connectivity index is 2.36. The lowest BCUT2D eigenvalue weighted by molar-refractivity contribution is 0.355. The lowest BCUT2D eigenvalue weighted by Crippen LogP contribution is -2.16. The van der Waals surface area contributed by atoms with Crippen LogP contribution in [0.4, 0.5) is 0 Å². The molecule has 1 unspecified atom stereocenters. The molecule has 0 spiro atoms. The van der Waals surface area contributed by atoms with Gasteiger partial charge >= 0.3 is 0 Å². The van der Waals surface area contributed by atoms with Crippen LogP contribution < -0.4 is 15.2 Å². The average molecular weight is 348 g/mol. The highest BCUT2D eigenvalue weighted by molar-refractivity contribution is 5.80. The highest BCUT2D eigenvalue weighted by atomic mass is 16.5. The molecule has 1 atom stereocenters. The smallest absolute Gasteiger partial charge is 0.163 e. The number of imidazole rings is 1. The van der Waals surface area contributed by atoms with Crippen LogP contribution in [-0.4, -0.2) is 23.8 Å². The third-order valence-corrected chi connectivity index (χ3v) is 4.70. The Labute approximate surface area is 151 Å². The zero-order valence-corrected chi connectivity index (χ0v) is 16.2. The number of unbranched alkanes of at least 4 members (excludes halogenated alkanes) is 4. The Morgan fingerprint density at radius 1 is 1.00 bits per heavy atom. The minimum absolute atomic E-state index is 0.0370. The minimum atomic E-state index is -0.0370. The van der Waals surface area contributed by atoms with Gasteiger partial charge in [0.15, 0.2) is 11.5 Å². The topological polar surface area (TPSA) is 62.3 Å². The Morgan fingerprint density at radius 3 is 2.32 bits per heavy atom. The van der Waals surface area contributed by atoms with Crippen molar-refractivity contribution >= 4 is 11.0 Å². The number of methoxy groups -OCH3 is 2. The maximum absolute atomic E-state index is 6.42. The number of ether oxygens (including phenoxy) is 2. The monoisotopic (exact) mass is 347 g/mol. The molecule has 1 heterocycles. The van der Waals surface area contributed by atoms with E-state index < -0.39 is 0 Å². The largest absolute Gasteiger partial charge is 0.493 e. The minimum Gasteiger partial charge on any atom is -0.493 e. The lowest BCUT2D eigenvalue weighted by atomic mass is 10.1. The van der Waals surface area contributed by atoms with Crippen molar-refractivity contribution < 1.29 is 9.47 Å². The summed E-state index contributed by atoms with van der Waals surface area (Å²) in [5.74, 6) is 2.42. The molecule has 0 aliphatic heterocycles. The van der Waals surface area contributed by atoms with E-state index in [4.69, 9.17) is 20.2 Å². The number of fused-ring (bicyclic) bond motifs is 1. The third kappa shape index (κ3) is 4.66. The summed E-state index contributed by atoms with van der Waals surface area (Å²) < 4.78 is 13.2. The van der Waals surface area contributed by atoms with Gasteiger partial charge < -0.3 is 19.8 Å². The van der Waals surface area contributed by atoms with Crippen molar-refractivity contribution in [2.45, 2.75) is 71.4 Å². The summed E-state index contributed by atoms with van der Waals surface area (Å²) in [4.78, 5) is 4.83. The normalized spacial score (nSPS) is 12.5. The van der Waals surface area contributed by atoms with E-state index >= 15 is 0 Å². The van der Waals surface area contributed by atoms with Gasteiger partial charge in [-0.15, -0.1) is 0 Å². The lowest BCUT2D eigenvalue weighted by Gasteiger charge is -2.14. The van der Waals surface area contributed by atoms with E-state index in [1.165, 1.54) is 25.7 Å². The molecule has 0 fully saturated rings. The van der Waals surface area contributed by atoms with Crippen molar-refractivity contribution in [2.75, 3.05) is 14.2 Å². The summed E-state index contributed by atoms with van der Waals surface area (Å²) in [6.07, 6.45) is 8.22. The molecule has 0 amide bonds. The van der Waals surface area contributed by atoms with Gasteiger partial charge in [0, 0.05) is 18.7 Å². The molecule has 1 aromatic carbocycles. The van der Waals surface area contributed by atoms with Crippen molar-refractivity contribution in [2.24, 2.45) is 5.73 Å². The van der Waals surface area contributed by atoms with E-state index in [1.54, 1.807) is 14.2 Å². The third-order valence-electron chi connectivity index (χ3n) is 4.70. The van der Waals surface area contributed by atoms with E-state index in [2.05, 4.69) is 18.4 Å². The van der Waals surface area contributed by atoms with Crippen LogP contribution >= 0.6 is 0 Å². The molecule has 1 aromatic heterocycles. The second-order valence-corrected chi connectivity index (χ2v) is 6.63. The van der Waals surface area contributed by atoms with E-state index in [0.717, 1.165) is 48.4 Å². The van der Waals surface area contributed by atoms with Crippen molar-refractivity contribution in [1.82, 2.24) is 9.55 Å². The second-order valence-electron chi connectivity index (χ2n) is 6.63. The van der Waals surface area contributed by atoms with Crippen molar-refractivity contribution in [3.05, 3.63) is 18.0 Å². The van der Waals surface area contributed by atoms with Crippen LogP contribution in [0.3, 0.4) is 0 Å². The Bertz CT molecular complexity index is 666. The molecule has 140 valence electrons. The summed E-state index contributed by atoms with van der Waals surface area (Å²) >= 11 is 0. The van der Waals surface area contributed by atoms with Crippen LogP contribution in [-0.2, 0) is 6.54 Å². The molecule has 0 radical (unpaired) electrons. The van der Waals surface area contributed by atoms with Crippen LogP contribution in [0.1, 0.15) is 70.7 Å². The van der Waals surface area contributed by atoms with Crippen LogP contribution in [0, 0.1) is 0 Å². The van der Waals surface area contributed by atoms with Gasteiger partial charge in [0.1, 0.15) is 5.82 Å². The number of aromatic nitrogens is 2. The maximum atomic E-state index is 6.42. The highest BCUT2D eigenvalue weighted by Crippen LogP contribution is 2.34. The number of rotatable bonds is 11. The van der Waals surface area contributed by atoms with Crippen LogP contribution in [0.5, 0.6) is 11.5 Å². The fraction of sp³-hybridized carbons (Fsp3) is 0.650. The summed E-state index contributed by atoms with van der Waals surface area (Å²) in [7, 11) is 3.32. The molecule has 25 heavy (non-hydrogen) atoms. The van der Waals surface area contributed by atoms with Gasteiger partial charge in [-0.05, 0) is 12.8 Å². The van der Waals surface area contributed by atoms with E-state index in [9.17, 15) is 0 Å². The first-order valence-electron chi connectivity index (χ1n) is 9.53. The number of nitrogens with two attached hydrogens (primary N) is 1. The Hall–Kier alpha value is -1.75. The molecule has 2 rings (SSSR count). The van der Waals surface area contributed by atoms with Crippen molar-refractivity contribution in [3.63, 3.8) is 0 Å². The fourth-order valence-electron chi connectivity index (χ4n) is 3.30. The molecule has 0 aliphatic rings. The molecular weight excluding hydrogens is 314 g/mol. The second kappa shape index (κ2) is 9.66. The van der Waals surface area contributed by atoms with Crippen molar-refractivity contribution in [3.8, 4) is 11.5 Å². The highest BCUT2D eigenvalue weighted by Gasteiger charge is 2.19. The summed E-state index contributed by atoms with van der Waals surface area (Å²) in [5, 5.41) is 0. The average Bonchev–Trinajstić information content (AvgIpc) is 2.98. The van der Waals surface area contributed by atoms with Gasteiger partial charge in [-0.1, -0.05) is 46.0 Å². The molecule has 5 heteroatoms. The summed E-state index contributed by atoms with van der Waals surface area (Å²) in [5.41, 5.74) is 8.42. The van der Waals surface area contributed by atoms with Gasteiger partial charge in [0.2, 0.25) is 0 Å². The standard InChI is InChI=1S/C20H33N3O2/c1-5-7-8-9-10-12-23-17-14-19(25-4)18(24-3)13-16(17)22-20(23)15(21)11-6-2/h13-15H,5-12,21H2,1-4H3. The number of nitrogens with zero attached hydrogens (tertiary/aromatic N) is 2. The zero-order chi connectivity index (χ0) is 18.2. The predicted molar refractivity (Wildman–Crippen MR) is 103 cm³/mol. The number of hydrogen-bond acceptors (Lipinski definition) is 4. The Morgan fingerprint density at radius 2 is 1.68 bits per heavy atom. The maximum Gasteiger partial charge on any atom is 0.163 e. The number of benzene rings is 1. The van der Waals surface area contributed by atoms with E-state index in [1.807, 2.05) is 12.1 Å². The molecule has 2 aromatic rings. The molecule has 0 bridgehead atoms. The van der Waals surface area contributed by atoms with Gasteiger partial charge in [-0.25, -0.2) is 4.98 Å². The quantitative estimate of drug-likeness (QED) is 0.592. The number of hydrogen-bond donors (Lipinski definition) is 1. The summed E-state index contributed by atoms with van der Waals surface area (Å²) in [6.45, 7) is 5.34. The predicted octanol–water partition coefficient (Wildman–Crippen LogP) is 4.82. The molecular formula is C20H33N3O2. The SMILES string of the molecule is CCCCCCCn1c(C(N)CCC)nc2cc(OC)c(OC)cc21. The van der Waals surface area contributed by atoms with E-state index in [-0.39, 0.29) is 6.04 Å². The fourth-order valence-corrected chi connectivity index (χ4v) is 3.30. The first kappa shape index (κ1) is 19.6. The van der Waals surface area contributed by atoms with Crippen molar-refractivity contribution in [1.29, 1.82) is 0 Å². The molecule has 2 N–H and O–H groups in total. The molecule has 0 saturated heterocycles. The van der Waals surface area contributed by atoms with Crippen LogP contribution in [0.15, 0.2) is 12.1 Å². The van der Waals surface area contributed by atoms with Gasteiger partial charge in [-0.2, -0.15) is 0 Å². The van der Waals surface area contributed by atoms with E-state index in [0.29, 0.717) is 5.75 Å². The first-order valence-corrected chi connectivity index (χ1v) is 9.53. The van der Waals surface area contributed by atoms with Crippen LogP contribution in [0.25, 0.3) is 11.0 Å². The molecule has 0 saturated carbocycles. The van der Waals surface area contributed by atoms with Crippen LogP contribution in [0.2, 0.25) is 0 Å².